The van der Waals surface area contributed by atoms with Crippen LogP contribution >= 0.6 is 0 Å². The van der Waals surface area contributed by atoms with Crippen LogP contribution < -0.4 is 0 Å². The highest BCUT2D eigenvalue weighted by Gasteiger charge is 2.05. The van der Waals surface area contributed by atoms with Crippen molar-refractivity contribution in [2.75, 3.05) is 0 Å². The Morgan fingerprint density at radius 3 is 1.22 bits per heavy atom. The molecule has 18 heavy (non-hydrogen) atoms. The van der Waals surface area contributed by atoms with Crippen molar-refractivity contribution in [3.8, 4) is 0 Å². The minimum absolute atomic E-state index is 1.09. The Kier molecular flexibility index (Phi) is 3.29. The predicted octanol–water partition coefficient (Wildman–Crippen LogP) is 5.41. The van der Waals surface area contributed by atoms with E-state index in [9.17, 15) is 0 Å². The van der Waals surface area contributed by atoms with Gasteiger partial charge in [0.15, 0.2) is 0 Å². The first kappa shape index (κ1) is 12.1. The SMILES string of the molecule is C=Cc1cc(C=C)c2cc(C=C)cc(C=C)c2c1. The van der Waals surface area contributed by atoms with Gasteiger partial charge in [-0.1, -0.05) is 50.6 Å². The zero-order valence-corrected chi connectivity index (χ0v) is 10.4. The summed E-state index contributed by atoms with van der Waals surface area (Å²) < 4.78 is 0. The normalized spacial score (nSPS) is 10.0. The van der Waals surface area contributed by atoms with Crippen molar-refractivity contribution in [1.82, 2.24) is 0 Å². The summed E-state index contributed by atoms with van der Waals surface area (Å²) in [7, 11) is 0. The molecule has 0 N–H and O–H groups in total. The highest BCUT2D eigenvalue weighted by Crippen LogP contribution is 2.28. The smallest absolute Gasteiger partial charge is 0.00992 e. The minimum atomic E-state index is 1.09. The van der Waals surface area contributed by atoms with E-state index in [1.54, 1.807) is 0 Å². The molecule has 2 aromatic carbocycles. The molecule has 0 aromatic heterocycles. The molecule has 0 aliphatic rings. The number of hydrogen-bond donors (Lipinski definition) is 0. The summed E-state index contributed by atoms with van der Waals surface area (Å²) in [5.74, 6) is 0. The molecule has 0 heterocycles. The summed E-state index contributed by atoms with van der Waals surface area (Å²) in [6.07, 6.45) is 7.44. The monoisotopic (exact) mass is 232 g/mol. The molecule has 0 bridgehead atoms. The first-order chi connectivity index (χ1) is 8.73. The van der Waals surface area contributed by atoms with Crippen molar-refractivity contribution in [3.63, 3.8) is 0 Å². The van der Waals surface area contributed by atoms with Crippen LogP contribution in [0.15, 0.2) is 50.6 Å². The fourth-order valence-corrected chi connectivity index (χ4v) is 2.14. The van der Waals surface area contributed by atoms with Crippen LogP contribution in [0, 0.1) is 0 Å². The molecule has 88 valence electrons. The molecule has 0 fully saturated rings. The van der Waals surface area contributed by atoms with Crippen LogP contribution in [0.5, 0.6) is 0 Å². The standard InChI is InChI=1S/C18H16/c1-5-13-9-15(7-3)18-12-14(6-2)10-16(8-4)17(18)11-13/h5-12H,1-4H2. The average molecular weight is 232 g/mol. The molecule has 0 unspecified atom stereocenters. The van der Waals surface area contributed by atoms with E-state index in [0.29, 0.717) is 0 Å². The molecule has 0 nitrogen and oxygen atoms in total. The Labute approximate surface area is 108 Å². The van der Waals surface area contributed by atoms with Crippen LogP contribution in [-0.4, -0.2) is 0 Å². The Bertz CT molecular complexity index is 598. The molecule has 2 aromatic rings. The molecule has 0 saturated carbocycles. The largest absolute Gasteiger partial charge is 0.0985 e. The Morgan fingerprint density at radius 1 is 0.556 bits per heavy atom. The van der Waals surface area contributed by atoms with E-state index in [4.69, 9.17) is 0 Å². The van der Waals surface area contributed by atoms with Gasteiger partial charge in [0.05, 0.1) is 0 Å². The fourth-order valence-electron chi connectivity index (χ4n) is 2.14. The lowest BCUT2D eigenvalue weighted by Crippen LogP contribution is -1.87. The van der Waals surface area contributed by atoms with Gasteiger partial charge >= 0.3 is 0 Å². The van der Waals surface area contributed by atoms with Crippen molar-refractivity contribution in [3.05, 3.63) is 72.8 Å². The third-order valence-electron chi connectivity index (χ3n) is 3.09. The molecular weight excluding hydrogens is 216 g/mol. The molecule has 0 atom stereocenters. The quantitative estimate of drug-likeness (QED) is 0.661. The molecule has 0 amide bonds. The van der Waals surface area contributed by atoms with Crippen molar-refractivity contribution in [2.45, 2.75) is 0 Å². The van der Waals surface area contributed by atoms with Gasteiger partial charge in [0.1, 0.15) is 0 Å². The van der Waals surface area contributed by atoms with Gasteiger partial charge in [-0.2, -0.15) is 0 Å². The number of rotatable bonds is 4. The molecule has 2 rings (SSSR count). The number of hydrogen-bond acceptors (Lipinski definition) is 0. The lowest BCUT2D eigenvalue weighted by atomic mass is 9.94. The highest BCUT2D eigenvalue weighted by molar-refractivity contribution is 5.98. The summed E-state index contributed by atoms with van der Waals surface area (Å²) in [6, 6.07) is 8.42. The predicted molar refractivity (Wildman–Crippen MR) is 84.3 cm³/mol. The highest BCUT2D eigenvalue weighted by atomic mass is 14.1. The molecule has 0 spiro atoms. The van der Waals surface area contributed by atoms with E-state index in [-0.39, 0.29) is 0 Å². The van der Waals surface area contributed by atoms with Gasteiger partial charge in [-0.15, -0.1) is 0 Å². The van der Waals surface area contributed by atoms with Crippen LogP contribution in [-0.2, 0) is 0 Å². The van der Waals surface area contributed by atoms with Gasteiger partial charge in [0, 0.05) is 0 Å². The number of fused-ring (bicyclic) bond motifs is 1. The van der Waals surface area contributed by atoms with Crippen LogP contribution in [0.25, 0.3) is 35.1 Å². The maximum absolute atomic E-state index is 3.88. The lowest BCUT2D eigenvalue weighted by molar-refractivity contribution is 1.64. The van der Waals surface area contributed by atoms with E-state index in [0.717, 1.165) is 22.3 Å². The summed E-state index contributed by atoms with van der Waals surface area (Å²) in [4.78, 5) is 0. The zero-order valence-electron chi connectivity index (χ0n) is 10.4. The van der Waals surface area contributed by atoms with Crippen molar-refractivity contribution < 1.29 is 0 Å². The average Bonchev–Trinajstić information content (AvgIpc) is 2.44. The second-order valence-electron chi connectivity index (χ2n) is 4.13. The molecule has 0 aliphatic heterocycles. The molecule has 0 radical (unpaired) electrons. The number of benzene rings is 2. The van der Waals surface area contributed by atoms with Gasteiger partial charge < -0.3 is 0 Å². The van der Waals surface area contributed by atoms with Gasteiger partial charge in [0.2, 0.25) is 0 Å². The van der Waals surface area contributed by atoms with E-state index in [1.165, 1.54) is 10.8 Å². The maximum Gasteiger partial charge on any atom is -0.00992 e. The summed E-state index contributed by atoms with van der Waals surface area (Å²) >= 11 is 0. The van der Waals surface area contributed by atoms with Crippen LogP contribution in [0.4, 0.5) is 0 Å². The van der Waals surface area contributed by atoms with E-state index >= 15 is 0 Å². The molecule has 0 aliphatic carbocycles. The van der Waals surface area contributed by atoms with Gasteiger partial charge in [-0.05, 0) is 57.3 Å². The van der Waals surface area contributed by atoms with Crippen LogP contribution in [0.1, 0.15) is 22.3 Å². The Balaban J connectivity index is 2.97. The second-order valence-corrected chi connectivity index (χ2v) is 4.13. The third-order valence-corrected chi connectivity index (χ3v) is 3.09. The summed E-state index contributed by atoms with van der Waals surface area (Å²) in [6.45, 7) is 15.4. The fraction of sp³-hybridized carbons (Fsp3) is 0. The Morgan fingerprint density at radius 2 is 0.944 bits per heavy atom. The van der Waals surface area contributed by atoms with E-state index in [1.807, 2.05) is 24.3 Å². The van der Waals surface area contributed by atoms with Crippen LogP contribution in [0.2, 0.25) is 0 Å². The molecular formula is C18H16. The maximum atomic E-state index is 3.88. The zero-order chi connectivity index (χ0) is 13.1. The first-order valence-electron chi connectivity index (χ1n) is 5.85. The second kappa shape index (κ2) is 4.89. The first-order valence-corrected chi connectivity index (χ1v) is 5.85. The van der Waals surface area contributed by atoms with Crippen LogP contribution in [0.3, 0.4) is 0 Å². The molecule has 0 heteroatoms. The van der Waals surface area contributed by atoms with Gasteiger partial charge in [0.25, 0.3) is 0 Å². The van der Waals surface area contributed by atoms with Crippen molar-refractivity contribution >= 4 is 35.1 Å². The van der Waals surface area contributed by atoms with Crippen molar-refractivity contribution in [2.24, 2.45) is 0 Å². The molecule has 0 saturated heterocycles. The lowest BCUT2D eigenvalue weighted by Gasteiger charge is -2.10. The third kappa shape index (κ3) is 1.93. The summed E-state index contributed by atoms with van der Waals surface area (Å²) in [5.41, 5.74) is 4.39. The Hall–Kier alpha value is -2.34. The van der Waals surface area contributed by atoms with E-state index in [2.05, 4.69) is 50.6 Å². The van der Waals surface area contributed by atoms with Crippen molar-refractivity contribution in [1.29, 1.82) is 0 Å². The topological polar surface area (TPSA) is 0 Å². The van der Waals surface area contributed by atoms with E-state index < -0.39 is 0 Å². The van der Waals surface area contributed by atoms with Gasteiger partial charge in [-0.25, -0.2) is 0 Å². The summed E-state index contributed by atoms with van der Waals surface area (Å²) in [5, 5.41) is 2.34. The minimum Gasteiger partial charge on any atom is -0.0985 e. The van der Waals surface area contributed by atoms with Gasteiger partial charge in [-0.3, -0.25) is 0 Å².